The maximum absolute atomic E-state index is 2.49. The summed E-state index contributed by atoms with van der Waals surface area (Å²) in [6, 6.07) is 82.6. The molecule has 306 valence electrons. The summed E-state index contributed by atoms with van der Waals surface area (Å²) in [7, 11) is 0. The molecule has 0 aliphatic rings. The van der Waals surface area contributed by atoms with Gasteiger partial charge in [0.1, 0.15) is 0 Å². The van der Waals surface area contributed by atoms with Gasteiger partial charge in [-0.15, -0.1) is 22.7 Å². The van der Waals surface area contributed by atoms with Crippen LogP contribution in [-0.4, -0.2) is 4.57 Å². The molecule has 3 aromatic heterocycles. The van der Waals surface area contributed by atoms with Crippen molar-refractivity contribution >= 4 is 102 Å². The zero-order chi connectivity index (χ0) is 43.0. The Morgan fingerprint density at radius 3 is 1.69 bits per heavy atom. The van der Waals surface area contributed by atoms with Gasteiger partial charge in [-0.25, -0.2) is 0 Å². The van der Waals surface area contributed by atoms with Crippen LogP contribution in [0, 0.1) is 6.92 Å². The standard InChI is InChI=1S/C61H40N2S2/c1-39-37-42(40-15-3-2-4-16-40)31-35-53(39)62(44-32-29-41(30-33-44)46-23-14-24-51-50-21-7-11-27-57(50)64-60(46)51)56-36-34-47(61-59(56)52-22-8-12-28-58(52)65-61)43-17-13-18-45(38-43)63-54-25-9-5-19-48(54)49-20-6-10-26-55(49)63/h2-38H,1H3. The summed E-state index contributed by atoms with van der Waals surface area (Å²) in [4.78, 5) is 2.49. The molecule has 0 N–H and O–H groups in total. The average Bonchev–Trinajstić information content (AvgIpc) is 4.05. The van der Waals surface area contributed by atoms with Crippen molar-refractivity contribution in [3.05, 3.63) is 230 Å². The average molecular weight is 865 g/mol. The van der Waals surface area contributed by atoms with Crippen molar-refractivity contribution < 1.29 is 0 Å². The lowest BCUT2D eigenvalue weighted by atomic mass is 9.98. The zero-order valence-electron chi connectivity index (χ0n) is 35.6. The van der Waals surface area contributed by atoms with E-state index in [1.54, 1.807) is 0 Å². The van der Waals surface area contributed by atoms with Gasteiger partial charge in [0.25, 0.3) is 0 Å². The van der Waals surface area contributed by atoms with E-state index >= 15 is 0 Å². The number of nitrogens with zero attached hydrogens (tertiary/aromatic N) is 2. The van der Waals surface area contributed by atoms with Crippen LogP contribution in [0.25, 0.3) is 101 Å². The number of fused-ring (bicyclic) bond motifs is 9. The molecule has 0 fully saturated rings. The number of thiophene rings is 2. The van der Waals surface area contributed by atoms with E-state index in [0.717, 1.165) is 22.7 Å². The largest absolute Gasteiger partial charge is 0.310 e. The molecule has 0 spiro atoms. The van der Waals surface area contributed by atoms with Crippen molar-refractivity contribution in [2.75, 3.05) is 4.90 Å². The fourth-order valence-corrected chi connectivity index (χ4v) is 12.6. The number of hydrogen-bond acceptors (Lipinski definition) is 3. The molecule has 0 saturated heterocycles. The SMILES string of the molecule is Cc1cc(-c2ccccc2)ccc1N(c1ccc(-c2cccc3c2sc2ccccc23)cc1)c1ccc(-c2cccc(-n3c4ccccc4c4ccccc43)c2)c2sc3ccccc3c12. The van der Waals surface area contributed by atoms with E-state index in [0.29, 0.717) is 0 Å². The van der Waals surface area contributed by atoms with E-state index < -0.39 is 0 Å². The zero-order valence-corrected chi connectivity index (χ0v) is 37.2. The van der Waals surface area contributed by atoms with Gasteiger partial charge in [-0.3, -0.25) is 0 Å². The third-order valence-corrected chi connectivity index (χ3v) is 15.5. The first-order valence-corrected chi connectivity index (χ1v) is 23.8. The first-order chi connectivity index (χ1) is 32.2. The van der Waals surface area contributed by atoms with E-state index in [1.165, 1.54) is 101 Å². The maximum Gasteiger partial charge on any atom is 0.0555 e. The van der Waals surface area contributed by atoms with Gasteiger partial charge in [0, 0.05) is 68.2 Å². The molecular weight excluding hydrogens is 825 g/mol. The second kappa shape index (κ2) is 15.2. The molecule has 4 heteroatoms. The Bertz CT molecular complexity index is 3910. The van der Waals surface area contributed by atoms with E-state index in [4.69, 9.17) is 0 Å². The molecule has 0 radical (unpaired) electrons. The molecule has 0 unspecified atom stereocenters. The summed E-state index contributed by atoms with van der Waals surface area (Å²) < 4.78 is 7.62. The second-order valence-electron chi connectivity index (χ2n) is 16.9. The Morgan fingerprint density at radius 1 is 0.369 bits per heavy atom. The molecule has 2 nitrogen and oxygen atoms in total. The summed E-state index contributed by atoms with van der Waals surface area (Å²) in [5, 5.41) is 7.69. The maximum atomic E-state index is 2.49. The summed E-state index contributed by atoms with van der Waals surface area (Å²) in [5.41, 5.74) is 15.6. The van der Waals surface area contributed by atoms with Crippen molar-refractivity contribution in [2.45, 2.75) is 6.92 Å². The van der Waals surface area contributed by atoms with Crippen LogP contribution in [0.15, 0.2) is 224 Å². The third kappa shape index (κ3) is 6.13. The van der Waals surface area contributed by atoms with Crippen LogP contribution >= 0.6 is 22.7 Å². The van der Waals surface area contributed by atoms with E-state index in [-0.39, 0.29) is 0 Å². The van der Waals surface area contributed by atoms with Crippen LogP contribution in [0.3, 0.4) is 0 Å². The molecule has 0 aliphatic carbocycles. The molecule has 0 atom stereocenters. The van der Waals surface area contributed by atoms with Gasteiger partial charge < -0.3 is 9.47 Å². The monoisotopic (exact) mass is 864 g/mol. The second-order valence-corrected chi connectivity index (χ2v) is 19.0. The Hall–Kier alpha value is -7.76. The number of anilines is 3. The molecule has 0 amide bonds. The molecule has 0 bridgehead atoms. The van der Waals surface area contributed by atoms with Gasteiger partial charge >= 0.3 is 0 Å². The lowest BCUT2D eigenvalue weighted by Gasteiger charge is -2.29. The van der Waals surface area contributed by atoms with Gasteiger partial charge in [0.2, 0.25) is 0 Å². The predicted octanol–water partition coefficient (Wildman–Crippen LogP) is 18.3. The Kier molecular flexibility index (Phi) is 8.83. The number of benzene rings is 10. The number of aryl methyl sites for hydroxylation is 1. The minimum atomic E-state index is 1.12. The smallest absolute Gasteiger partial charge is 0.0555 e. The third-order valence-electron chi connectivity index (χ3n) is 13.1. The summed E-state index contributed by atoms with van der Waals surface area (Å²) in [5.74, 6) is 0. The highest BCUT2D eigenvalue weighted by atomic mass is 32.1. The normalized spacial score (nSPS) is 11.8. The minimum absolute atomic E-state index is 1.12. The molecule has 13 aromatic rings. The lowest BCUT2D eigenvalue weighted by molar-refractivity contribution is 1.18. The van der Waals surface area contributed by atoms with Crippen LogP contribution in [0.2, 0.25) is 0 Å². The highest BCUT2D eigenvalue weighted by Gasteiger charge is 2.23. The van der Waals surface area contributed by atoms with E-state index in [9.17, 15) is 0 Å². The van der Waals surface area contributed by atoms with Crippen molar-refractivity contribution in [1.82, 2.24) is 4.57 Å². The molecule has 0 saturated carbocycles. The van der Waals surface area contributed by atoms with Crippen molar-refractivity contribution in [2.24, 2.45) is 0 Å². The lowest BCUT2D eigenvalue weighted by Crippen LogP contribution is -2.12. The molecule has 13 rings (SSSR count). The van der Waals surface area contributed by atoms with Gasteiger partial charge in [0.05, 0.1) is 16.7 Å². The van der Waals surface area contributed by atoms with Crippen LogP contribution in [0.5, 0.6) is 0 Å². The fourth-order valence-electron chi connectivity index (χ4n) is 10.1. The first-order valence-electron chi connectivity index (χ1n) is 22.2. The highest BCUT2D eigenvalue weighted by molar-refractivity contribution is 7.26. The van der Waals surface area contributed by atoms with Crippen LogP contribution in [0.1, 0.15) is 5.56 Å². The Balaban J connectivity index is 1.00. The van der Waals surface area contributed by atoms with Gasteiger partial charge in [-0.1, -0.05) is 158 Å². The molecule has 65 heavy (non-hydrogen) atoms. The fraction of sp³-hybridized carbons (Fsp3) is 0.0164. The summed E-state index contributed by atoms with van der Waals surface area (Å²) in [6.07, 6.45) is 0. The summed E-state index contributed by atoms with van der Waals surface area (Å²) >= 11 is 3.77. The van der Waals surface area contributed by atoms with Crippen molar-refractivity contribution in [3.8, 4) is 39.1 Å². The summed E-state index contributed by atoms with van der Waals surface area (Å²) in [6.45, 7) is 2.25. The van der Waals surface area contributed by atoms with Crippen molar-refractivity contribution in [3.63, 3.8) is 0 Å². The van der Waals surface area contributed by atoms with E-state index in [1.807, 2.05) is 22.7 Å². The molecule has 3 heterocycles. The number of rotatable bonds is 7. The van der Waals surface area contributed by atoms with Crippen molar-refractivity contribution in [1.29, 1.82) is 0 Å². The van der Waals surface area contributed by atoms with Gasteiger partial charge in [-0.05, 0) is 113 Å². The number of aromatic nitrogens is 1. The van der Waals surface area contributed by atoms with Gasteiger partial charge in [-0.2, -0.15) is 0 Å². The topological polar surface area (TPSA) is 8.17 Å². The number of hydrogen-bond donors (Lipinski definition) is 0. The predicted molar refractivity (Wildman–Crippen MR) is 282 cm³/mol. The Morgan fingerprint density at radius 2 is 0.938 bits per heavy atom. The first kappa shape index (κ1) is 37.8. The quantitative estimate of drug-likeness (QED) is 0.155. The number of para-hydroxylation sites is 2. The van der Waals surface area contributed by atoms with Crippen LogP contribution in [0.4, 0.5) is 17.1 Å². The van der Waals surface area contributed by atoms with Crippen LogP contribution in [-0.2, 0) is 0 Å². The Labute approximate surface area is 385 Å². The molecule has 10 aromatic carbocycles. The van der Waals surface area contributed by atoms with Crippen LogP contribution < -0.4 is 4.90 Å². The minimum Gasteiger partial charge on any atom is -0.310 e. The molecular formula is C61H40N2S2. The highest BCUT2D eigenvalue weighted by Crippen LogP contribution is 2.50. The van der Waals surface area contributed by atoms with E-state index in [2.05, 4.69) is 241 Å². The molecule has 0 aliphatic heterocycles. The van der Waals surface area contributed by atoms with Gasteiger partial charge in [0.15, 0.2) is 0 Å².